The van der Waals surface area contributed by atoms with Gasteiger partial charge >= 0.3 is 5.97 Å². The monoisotopic (exact) mass is 213 g/mol. The lowest BCUT2D eigenvalue weighted by atomic mass is 10.2. The molecule has 0 aliphatic heterocycles. The normalized spacial score (nSPS) is 9.80. The molecule has 1 heterocycles. The van der Waals surface area contributed by atoms with Crippen molar-refractivity contribution in [1.29, 1.82) is 0 Å². The minimum atomic E-state index is -0.643. The molecule has 0 aromatic carbocycles. The number of ether oxygens (including phenoxy) is 2. The van der Waals surface area contributed by atoms with Crippen molar-refractivity contribution in [3.63, 3.8) is 0 Å². The summed E-state index contributed by atoms with van der Waals surface area (Å²) >= 11 is 0. The second-order valence-electron chi connectivity index (χ2n) is 2.76. The van der Waals surface area contributed by atoms with Gasteiger partial charge in [-0.25, -0.2) is 4.98 Å². The number of carbonyl (C=O) groups is 1. The van der Waals surface area contributed by atoms with Gasteiger partial charge in [0.1, 0.15) is 5.75 Å². The summed E-state index contributed by atoms with van der Waals surface area (Å²) in [6, 6.07) is 2.60. The topological polar surface area (TPSA) is 48.4 Å². The van der Waals surface area contributed by atoms with Gasteiger partial charge in [0.25, 0.3) is 0 Å². The van der Waals surface area contributed by atoms with Crippen LogP contribution in [0.1, 0.15) is 12.6 Å². The first-order chi connectivity index (χ1) is 7.17. The molecule has 4 nitrogen and oxygen atoms in total. The average Bonchev–Trinajstić information content (AvgIpc) is 2.18. The molecule has 0 saturated carbocycles. The van der Waals surface area contributed by atoms with Gasteiger partial charge in [0.2, 0.25) is 5.95 Å². The summed E-state index contributed by atoms with van der Waals surface area (Å²) < 4.78 is 22.5. The van der Waals surface area contributed by atoms with Crippen LogP contribution in [0.5, 0.6) is 5.75 Å². The van der Waals surface area contributed by atoms with Crippen LogP contribution in [0.3, 0.4) is 0 Å². The molecule has 1 aromatic rings. The van der Waals surface area contributed by atoms with E-state index < -0.39 is 11.9 Å². The van der Waals surface area contributed by atoms with Crippen LogP contribution in [-0.4, -0.2) is 24.7 Å². The molecule has 0 N–H and O–H groups in total. The Morgan fingerprint density at radius 2 is 2.27 bits per heavy atom. The largest absolute Gasteiger partial charge is 0.495 e. The Balaban J connectivity index is 2.82. The predicted octanol–water partition coefficient (Wildman–Crippen LogP) is 1.33. The van der Waals surface area contributed by atoms with E-state index in [9.17, 15) is 9.18 Å². The van der Waals surface area contributed by atoms with Crippen molar-refractivity contribution in [1.82, 2.24) is 4.98 Å². The lowest BCUT2D eigenvalue weighted by molar-refractivity contribution is -0.142. The Bertz CT molecular complexity index is 355. The molecule has 0 saturated heterocycles. The number of nitrogens with zero attached hydrogens (tertiary/aromatic N) is 1. The zero-order valence-electron chi connectivity index (χ0n) is 8.62. The summed E-state index contributed by atoms with van der Waals surface area (Å²) in [6.07, 6.45) is -0.0885. The van der Waals surface area contributed by atoms with Crippen LogP contribution in [0.2, 0.25) is 0 Å². The summed E-state index contributed by atoms with van der Waals surface area (Å²) in [5.74, 6) is -0.714. The molecule has 0 radical (unpaired) electrons. The zero-order chi connectivity index (χ0) is 11.3. The van der Waals surface area contributed by atoms with Crippen LogP contribution in [0.15, 0.2) is 12.1 Å². The van der Waals surface area contributed by atoms with Crippen LogP contribution >= 0.6 is 0 Å². The summed E-state index contributed by atoms with van der Waals surface area (Å²) in [5, 5.41) is 0. The van der Waals surface area contributed by atoms with Gasteiger partial charge in [0.15, 0.2) is 0 Å². The minimum Gasteiger partial charge on any atom is -0.495 e. The Labute approximate surface area is 87.0 Å². The second-order valence-corrected chi connectivity index (χ2v) is 2.76. The fourth-order valence-electron chi connectivity index (χ4n) is 1.12. The molecule has 0 aliphatic rings. The Hall–Kier alpha value is -1.65. The molecule has 5 heteroatoms. The maximum Gasteiger partial charge on any atom is 0.312 e. The van der Waals surface area contributed by atoms with E-state index >= 15 is 0 Å². The lowest BCUT2D eigenvalue weighted by Gasteiger charge is -2.06. The van der Waals surface area contributed by atoms with E-state index in [1.165, 1.54) is 19.2 Å². The maximum atomic E-state index is 12.8. The number of esters is 1. The van der Waals surface area contributed by atoms with Gasteiger partial charge in [-0.1, -0.05) is 0 Å². The van der Waals surface area contributed by atoms with Gasteiger partial charge in [0, 0.05) is 0 Å². The number of aromatic nitrogens is 1. The molecule has 0 amide bonds. The molecule has 82 valence electrons. The third kappa shape index (κ3) is 3.19. The molecule has 1 aromatic heterocycles. The molecule has 0 unspecified atom stereocenters. The van der Waals surface area contributed by atoms with Crippen molar-refractivity contribution in [2.45, 2.75) is 13.3 Å². The number of carbonyl (C=O) groups excluding carboxylic acids is 1. The highest BCUT2D eigenvalue weighted by Crippen LogP contribution is 2.16. The number of halogens is 1. The Morgan fingerprint density at radius 1 is 1.53 bits per heavy atom. The standard InChI is InChI=1S/C10H12FNO3/c1-3-15-10(13)6-7-8(14-2)4-5-9(11)12-7/h4-5H,3,6H2,1-2H3. The Morgan fingerprint density at radius 3 is 2.87 bits per heavy atom. The molecule has 15 heavy (non-hydrogen) atoms. The average molecular weight is 213 g/mol. The SMILES string of the molecule is CCOC(=O)Cc1nc(F)ccc1OC. The lowest BCUT2D eigenvalue weighted by Crippen LogP contribution is -2.10. The van der Waals surface area contributed by atoms with Crippen LogP contribution in [0.4, 0.5) is 4.39 Å². The second kappa shape index (κ2) is 5.29. The number of methoxy groups -OCH3 is 1. The van der Waals surface area contributed by atoms with E-state index in [4.69, 9.17) is 9.47 Å². The maximum absolute atomic E-state index is 12.8. The van der Waals surface area contributed by atoms with Crippen molar-refractivity contribution in [3.05, 3.63) is 23.8 Å². The fourth-order valence-corrected chi connectivity index (χ4v) is 1.12. The number of hydrogen-bond acceptors (Lipinski definition) is 4. The number of rotatable bonds is 4. The highest BCUT2D eigenvalue weighted by molar-refractivity contribution is 5.72. The van der Waals surface area contributed by atoms with Gasteiger partial charge in [0.05, 0.1) is 25.8 Å². The molecule has 0 aliphatic carbocycles. The molecule has 0 spiro atoms. The third-order valence-corrected chi connectivity index (χ3v) is 1.74. The van der Waals surface area contributed by atoms with Crippen LogP contribution in [0.25, 0.3) is 0 Å². The first kappa shape index (κ1) is 11.4. The van der Waals surface area contributed by atoms with E-state index in [0.717, 1.165) is 0 Å². The first-order valence-corrected chi connectivity index (χ1v) is 4.52. The van der Waals surface area contributed by atoms with Crippen molar-refractivity contribution < 1.29 is 18.7 Å². The number of pyridine rings is 1. The van der Waals surface area contributed by atoms with E-state index in [-0.39, 0.29) is 18.7 Å². The smallest absolute Gasteiger partial charge is 0.312 e. The highest BCUT2D eigenvalue weighted by Gasteiger charge is 2.11. The van der Waals surface area contributed by atoms with Crippen molar-refractivity contribution in [2.24, 2.45) is 0 Å². The van der Waals surface area contributed by atoms with Gasteiger partial charge in [-0.15, -0.1) is 0 Å². The quantitative estimate of drug-likeness (QED) is 0.559. The molecular formula is C10H12FNO3. The van der Waals surface area contributed by atoms with Gasteiger partial charge in [-0.2, -0.15) is 4.39 Å². The summed E-state index contributed by atoms with van der Waals surface area (Å²) in [7, 11) is 1.43. The summed E-state index contributed by atoms with van der Waals surface area (Å²) in [4.78, 5) is 14.7. The molecule has 0 bridgehead atoms. The van der Waals surface area contributed by atoms with Crippen molar-refractivity contribution in [2.75, 3.05) is 13.7 Å². The molecule has 1 rings (SSSR count). The van der Waals surface area contributed by atoms with E-state index in [0.29, 0.717) is 5.75 Å². The van der Waals surface area contributed by atoms with Crippen molar-refractivity contribution in [3.8, 4) is 5.75 Å². The number of hydrogen-bond donors (Lipinski definition) is 0. The van der Waals surface area contributed by atoms with E-state index in [2.05, 4.69) is 4.98 Å². The summed E-state index contributed by atoms with van der Waals surface area (Å²) in [6.45, 7) is 1.99. The van der Waals surface area contributed by atoms with Crippen molar-refractivity contribution >= 4 is 5.97 Å². The highest BCUT2D eigenvalue weighted by atomic mass is 19.1. The first-order valence-electron chi connectivity index (χ1n) is 4.52. The predicted molar refractivity (Wildman–Crippen MR) is 51.1 cm³/mol. The van der Waals surface area contributed by atoms with E-state index in [1.807, 2.05) is 0 Å². The molecular weight excluding hydrogens is 201 g/mol. The van der Waals surface area contributed by atoms with Gasteiger partial charge in [-0.3, -0.25) is 4.79 Å². The Kier molecular flexibility index (Phi) is 4.03. The van der Waals surface area contributed by atoms with E-state index in [1.54, 1.807) is 6.92 Å². The van der Waals surface area contributed by atoms with Crippen LogP contribution < -0.4 is 4.74 Å². The molecule has 0 atom stereocenters. The molecule has 0 fully saturated rings. The van der Waals surface area contributed by atoms with Crippen LogP contribution in [0, 0.1) is 5.95 Å². The van der Waals surface area contributed by atoms with Crippen LogP contribution in [-0.2, 0) is 16.0 Å². The minimum absolute atomic E-state index is 0.0885. The summed E-state index contributed by atoms with van der Waals surface area (Å²) in [5.41, 5.74) is 0.246. The zero-order valence-corrected chi connectivity index (χ0v) is 8.62. The third-order valence-electron chi connectivity index (χ3n) is 1.74. The van der Waals surface area contributed by atoms with Gasteiger partial charge < -0.3 is 9.47 Å². The fraction of sp³-hybridized carbons (Fsp3) is 0.400. The van der Waals surface area contributed by atoms with Gasteiger partial charge in [-0.05, 0) is 19.1 Å².